The minimum absolute atomic E-state index is 0.406. The van der Waals surface area contributed by atoms with Crippen LogP contribution in [0.1, 0.15) is 20.7 Å². The summed E-state index contributed by atoms with van der Waals surface area (Å²) >= 11 is 0. The molecule has 86 valence electrons. The van der Waals surface area contributed by atoms with Gasteiger partial charge in [-0.05, 0) is 29.0 Å². The summed E-state index contributed by atoms with van der Waals surface area (Å²) < 4.78 is 4.63. The maximum atomic E-state index is 11.4. The van der Waals surface area contributed by atoms with E-state index in [0.717, 1.165) is 10.8 Å². The molecule has 0 saturated carbocycles. The third kappa shape index (κ3) is 1.97. The van der Waals surface area contributed by atoms with E-state index in [-0.39, 0.29) is 0 Å². The van der Waals surface area contributed by atoms with Crippen molar-refractivity contribution in [2.45, 2.75) is 0 Å². The third-order valence-corrected chi connectivity index (χ3v) is 2.57. The number of esters is 1. The van der Waals surface area contributed by atoms with Crippen LogP contribution >= 0.6 is 0 Å². The molecule has 0 heterocycles. The van der Waals surface area contributed by atoms with Crippen molar-refractivity contribution < 1.29 is 14.3 Å². The summed E-state index contributed by atoms with van der Waals surface area (Å²) in [6.45, 7) is 0. The van der Waals surface area contributed by atoms with E-state index < -0.39 is 11.9 Å². The molecule has 0 aromatic heterocycles. The van der Waals surface area contributed by atoms with Crippen LogP contribution in [0.2, 0.25) is 0 Å². The number of fused-ring (bicyclic) bond motifs is 1. The van der Waals surface area contributed by atoms with Crippen LogP contribution < -0.4 is 5.73 Å². The van der Waals surface area contributed by atoms with Gasteiger partial charge in [0.2, 0.25) is 5.91 Å². The normalized spacial score (nSPS) is 10.2. The first-order valence-electron chi connectivity index (χ1n) is 5.04. The van der Waals surface area contributed by atoms with E-state index in [1.54, 1.807) is 30.3 Å². The number of amides is 1. The van der Waals surface area contributed by atoms with Gasteiger partial charge in [-0.3, -0.25) is 4.79 Å². The summed E-state index contributed by atoms with van der Waals surface area (Å²) in [5.74, 6) is -0.891. The smallest absolute Gasteiger partial charge is 0.337 e. The highest BCUT2D eigenvalue weighted by atomic mass is 16.5. The molecule has 0 aliphatic carbocycles. The number of ether oxygens (including phenoxy) is 1. The predicted molar refractivity (Wildman–Crippen MR) is 63.8 cm³/mol. The van der Waals surface area contributed by atoms with Crippen molar-refractivity contribution >= 4 is 22.6 Å². The largest absolute Gasteiger partial charge is 0.465 e. The van der Waals surface area contributed by atoms with Gasteiger partial charge in [-0.15, -0.1) is 0 Å². The standard InChI is InChI=1S/C13H11NO3/c1-17-13(16)9-5-6-10-8(7-9)3-2-4-11(10)12(14)15/h2-7H,1H3,(H2,14,15). The Balaban J connectivity index is 2.65. The molecule has 2 rings (SSSR count). The average molecular weight is 229 g/mol. The Labute approximate surface area is 98.0 Å². The van der Waals surface area contributed by atoms with E-state index in [1.165, 1.54) is 7.11 Å². The number of hydrogen-bond donors (Lipinski definition) is 1. The number of benzene rings is 2. The first kappa shape index (κ1) is 11.1. The first-order chi connectivity index (χ1) is 8.13. The molecular formula is C13H11NO3. The highest BCUT2D eigenvalue weighted by molar-refractivity contribution is 6.07. The van der Waals surface area contributed by atoms with Gasteiger partial charge < -0.3 is 10.5 Å². The highest BCUT2D eigenvalue weighted by Crippen LogP contribution is 2.20. The molecule has 0 bridgehead atoms. The summed E-state index contributed by atoms with van der Waals surface area (Å²) in [6, 6.07) is 10.2. The second-order valence-corrected chi connectivity index (χ2v) is 3.60. The van der Waals surface area contributed by atoms with Crippen molar-refractivity contribution in [3.8, 4) is 0 Å². The fourth-order valence-electron chi connectivity index (χ4n) is 1.74. The van der Waals surface area contributed by atoms with Gasteiger partial charge in [-0.2, -0.15) is 0 Å². The molecular weight excluding hydrogens is 218 g/mol. The molecule has 0 fully saturated rings. The van der Waals surface area contributed by atoms with Crippen LogP contribution in [0.5, 0.6) is 0 Å². The topological polar surface area (TPSA) is 69.4 Å². The van der Waals surface area contributed by atoms with Crippen LogP contribution in [-0.4, -0.2) is 19.0 Å². The predicted octanol–water partition coefficient (Wildman–Crippen LogP) is 1.73. The lowest BCUT2D eigenvalue weighted by molar-refractivity contribution is 0.0601. The van der Waals surface area contributed by atoms with Crippen LogP contribution in [0.15, 0.2) is 36.4 Å². The van der Waals surface area contributed by atoms with E-state index in [4.69, 9.17) is 5.73 Å². The van der Waals surface area contributed by atoms with Gasteiger partial charge in [0.1, 0.15) is 0 Å². The van der Waals surface area contributed by atoms with Crippen LogP contribution in [-0.2, 0) is 4.74 Å². The molecule has 0 unspecified atom stereocenters. The van der Waals surface area contributed by atoms with E-state index in [2.05, 4.69) is 4.74 Å². The maximum Gasteiger partial charge on any atom is 0.337 e. The first-order valence-corrected chi connectivity index (χ1v) is 5.04. The molecule has 4 nitrogen and oxygen atoms in total. The molecule has 0 aliphatic rings. The Bertz CT molecular complexity index is 605. The van der Waals surface area contributed by atoms with Gasteiger partial charge in [0.05, 0.1) is 12.7 Å². The van der Waals surface area contributed by atoms with Crippen molar-refractivity contribution in [2.24, 2.45) is 5.73 Å². The van der Waals surface area contributed by atoms with E-state index in [0.29, 0.717) is 11.1 Å². The number of methoxy groups -OCH3 is 1. The average Bonchev–Trinajstić information content (AvgIpc) is 2.36. The summed E-state index contributed by atoms with van der Waals surface area (Å²) in [5.41, 5.74) is 6.16. The Morgan fingerprint density at radius 1 is 1.18 bits per heavy atom. The van der Waals surface area contributed by atoms with Gasteiger partial charge in [0.25, 0.3) is 0 Å². The summed E-state index contributed by atoms with van der Waals surface area (Å²) in [7, 11) is 1.33. The fraction of sp³-hybridized carbons (Fsp3) is 0.0769. The monoisotopic (exact) mass is 229 g/mol. The van der Waals surface area contributed by atoms with E-state index in [9.17, 15) is 9.59 Å². The molecule has 2 aromatic rings. The zero-order valence-corrected chi connectivity index (χ0v) is 9.27. The summed E-state index contributed by atoms with van der Waals surface area (Å²) in [5, 5.41) is 1.51. The van der Waals surface area contributed by atoms with Crippen molar-refractivity contribution in [3.63, 3.8) is 0 Å². The minimum Gasteiger partial charge on any atom is -0.465 e. The van der Waals surface area contributed by atoms with Gasteiger partial charge in [-0.25, -0.2) is 4.79 Å². The van der Waals surface area contributed by atoms with Gasteiger partial charge in [0.15, 0.2) is 0 Å². The second-order valence-electron chi connectivity index (χ2n) is 3.60. The molecule has 0 aliphatic heterocycles. The van der Waals surface area contributed by atoms with Gasteiger partial charge in [-0.1, -0.05) is 18.2 Å². The molecule has 0 saturated heterocycles. The number of carbonyl (C=O) groups is 2. The van der Waals surface area contributed by atoms with Crippen molar-refractivity contribution in [2.75, 3.05) is 7.11 Å². The van der Waals surface area contributed by atoms with Crippen molar-refractivity contribution in [1.82, 2.24) is 0 Å². The maximum absolute atomic E-state index is 11.4. The number of nitrogens with two attached hydrogens (primary N) is 1. The summed E-state index contributed by atoms with van der Waals surface area (Å²) in [4.78, 5) is 22.6. The Morgan fingerprint density at radius 2 is 1.94 bits per heavy atom. The van der Waals surface area contributed by atoms with Crippen LogP contribution in [0.25, 0.3) is 10.8 Å². The lowest BCUT2D eigenvalue weighted by Gasteiger charge is -2.05. The number of hydrogen-bond acceptors (Lipinski definition) is 3. The van der Waals surface area contributed by atoms with Gasteiger partial charge in [0, 0.05) is 5.56 Å². The summed E-state index contributed by atoms with van der Waals surface area (Å²) in [6.07, 6.45) is 0. The number of primary amides is 1. The van der Waals surface area contributed by atoms with Crippen LogP contribution in [0.3, 0.4) is 0 Å². The molecule has 2 N–H and O–H groups in total. The quantitative estimate of drug-likeness (QED) is 0.797. The molecule has 17 heavy (non-hydrogen) atoms. The Morgan fingerprint density at radius 3 is 2.59 bits per heavy atom. The Hall–Kier alpha value is -2.36. The minimum atomic E-state index is -0.485. The fourth-order valence-corrected chi connectivity index (χ4v) is 1.74. The zero-order valence-electron chi connectivity index (χ0n) is 9.27. The highest BCUT2D eigenvalue weighted by Gasteiger charge is 2.09. The lowest BCUT2D eigenvalue weighted by Crippen LogP contribution is -2.11. The third-order valence-electron chi connectivity index (χ3n) is 2.57. The Kier molecular flexibility index (Phi) is 2.78. The molecule has 2 aromatic carbocycles. The van der Waals surface area contributed by atoms with E-state index >= 15 is 0 Å². The molecule has 0 radical (unpaired) electrons. The van der Waals surface area contributed by atoms with Crippen molar-refractivity contribution in [1.29, 1.82) is 0 Å². The molecule has 4 heteroatoms. The number of rotatable bonds is 2. The zero-order chi connectivity index (χ0) is 12.4. The second kappa shape index (κ2) is 4.25. The van der Waals surface area contributed by atoms with Crippen LogP contribution in [0.4, 0.5) is 0 Å². The molecule has 0 spiro atoms. The lowest BCUT2D eigenvalue weighted by atomic mass is 10.0. The van der Waals surface area contributed by atoms with E-state index in [1.807, 2.05) is 6.07 Å². The van der Waals surface area contributed by atoms with Gasteiger partial charge >= 0.3 is 5.97 Å². The molecule has 1 amide bonds. The van der Waals surface area contributed by atoms with Crippen LogP contribution in [0, 0.1) is 0 Å². The molecule has 0 atom stereocenters. The SMILES string of the molecule is COC(=O)c1ccc2c(C(N)=O)cccc2c1. The van der Waals surface area contributed by atoms with Crippen molar-refractivity contribution in [3.05, 3.63) is 47.5 Å². The number of carbonyl (C=O) groups excluding carboxylic acids is 2.